The summed E-state index contributed by atoms with van der Waals surface area (Å²) < 4.78 is 1.88. The van der Waals surface area contributed by atoms with Crippen molar-refractivity contribution < 1.29 is 0 Å². The molecule has 1 N–H and O–H groups in total. The average Bonchev–Trinajstić information content (AvgIpc) is 2.92. The number of hydrogen-bond donors (Lipinski definition) is 1. The molecule has 0 aliphatic heterocycles. The van der Waals surface area contributed by atoms with E-state index in [1.54, 1.807) is 0 Å². The molecule has 1 heterocycles. The summed E-state index contributed by atoms with van der Waals surface area (Å²) in [7, 11) is 1.95. The normalized spacial score (nSPS) is 16.6. The second-order valence-electron chi connectivity index (χ2n) is 5.44. The van der Waals surface area contributed by atoms with Crippen LogP contribution in [0.3, 0.4) is 0 Å². The first-order chi connectivity index (χ1) is 8.68. The number of hydrogen-bond acceptors (Lipinski definition) is 2. The van der Waals surface area contributed by atoms with Crippen LogP contribution in [-0.2, 0) is 13.6 Å². The lowest BCUT2D eigenvalue weighted by Crippen LogP contribution is -2.17. The van der Waals surface area contributed by atoms with Gasteiger partial charge in [-0.3, -0.25) is 4.68 Å². The van der Waals surface area contributed by atoms with Crippen LogP contribution in [0.4, 0.5) is 0 Å². The molecule has 1 fully saturated rings. The summed E-state index contributed by atoms with van der Waals surface area (Å²) in [5.41, 5.74) is 2.01. The van der Waals surface area contributed by atoms with E-state index in [2.05, 4.69) is 10.4 Å². The number of halogens is 1. The van der Waals surface area contributed by atoms with E-state index >= 15 is 0 Å². The summed E-state index contributed by atoms with van der Waals surface area (Å²) in [5.74, 6) is 0.995. The van der Waals surface area contributed by atoms with E-state index in [0.717, 1.165) is 35.4 Å². The zero-order chi connectivity index (χ0) is 13.0. The minimum atomic E-state index is 0.806. The van der Waals surface area contributed by atoms with Gasteiger partial charge in [0, 0.05) is 13.6 Å². The van der Waals surface area contributed by atoms with E-state index in [1.165, 1.54) is 38.5 Å². The largest absolute Gasteiger partial charge is 0.311 e. The fourth-order valence-corrected chi connectivity index (χ4v) is 3.12. The van der Waals surface area contributed by atoms with Crippen molar-refractivity contribution in [3.8, 4) is 0 Å². The summed E-state index contributed by atoms with van der Waals surface area (Å²) in [4.78, 5) is 0. The zero-order valence-electron chi connectivity index (χ0n) is 11.5. The molecule has 0 aromatic carbocycles. The molecule has 0 unspecified atom stereocenters. The number of nitrogens with zero attached hydrogens (tertiary/aromatic N) is 2. The highest BCUT2D eigenvalue weighted by atomic mass is 35.5. The summed E-state index contributed by atoms with van der Waals surface area (Å²) in [6.45, 7) is 3.85. The molecule has 3 nitrogen and oxygen atoms in total. The van der Waals surface area contributed by atoms with E-state index in [9.17, 15) is 0 Å². The Morgan fingerprint density at radius 3 is 2.72 bits per heavy atom. The Morgan fingerprint density at radius 1 is 1.39 bits per heavy atom. The van der Waals surface area contributed by atoms with E-state index < -0.39 is 0 Å². The van der Waals surface area contributed by atoms with E-state index in [1.807, 2.05) is 18.7 Å². The van der Waals surface area contributed by atoms with Crippen molar-refractivity contribution in [2.24, 2.45) is 13.0 Å². The van der Waals surface area contributed by atoms with E-state index in [4.69, 9.17) is 11.6 Å². The zero-order valence-corrected chi connectivity index (χ0v) is 12.3. The van der Waals surface area contributed by atoms with Crippen molar-refractivity contribution in [2.45, 2.75) is 52.0 Å². The monoisotopic (exact) mass is 269 g/mol. The van der Waals surface area contributed by atoms with Gasteiger partial charge >= 0.3 is 0 Å². The molecule has 1 saturated carbocycles. The SMILES string of the molecule is Cc1nn(C)c(CNCCCC2CCCC2)c1Cl. The van der Waals surface area contributed by atoms with Gasteiger partial charge in [-0.15, -0.1) is 0 Å². The van der Waals surface area contributed by atoms with Gasteiger partial charge in [0.05, 0.1) is 16.4 Å². The van der Waals surface area contributed by atoms with Gasteiger partial charge in [-0.25, -0.2) is 0 Å². The topological polar surface area (TPSA) is 29.9 Å². The Kier molecular flexibility index (Phi) is 5.07. The molecular weight excluding hydrogens is 246 g/mol. The summed E-state index contributed by atoms with van der Waals surface area (Å²) in [6.07, 6.45) is 8.45. The first-order valence-corrected chi connectivity index (χ1v) is 7.45. The second kappa shape index (κ2) is 6.58. The molecule has 0 bridgehead atoms. The Labute approximate surface area is 115 Å². The van der Waals surface area contributed by atoms with Crippen LogP contribution in [0.2, 0.25) is 5.02 Å². The van der Waals surface area contributed by atoms with Gasteiger partial charge in [0.15, 0.2) is 0 Å². The number of nitrogens with one attached hydrogen (secondary N) is 1. The van der Waals surface area contributed by atoms with Gasteiger partial charge in [0.1, 0.15) is 0 Å². The first kappa shape index (κ1) is 13.9. The lowest BCUT2D eigenvalue weighted by atomic mass is 10.0. The highest BCUT2D eigenvalue weighted by Crippen LogP contribution is 2.28. The summed E-state index contributed by atoms with van der Waals surface area (Å²) in [6, 6.07) is 0. The van der Waals surface area contributed by atoms with Crippen LogP contribution in [0.25, 0.3) is 0 Å². The third kappa shape index (κ3) is 3.48. The molecule has 1 aliphatic rings. The maximum Gasteiger partial charge on any atom is 0.0860 e. The van der Waals surface area contributed by atoms with Crippen LogP contribution in [0.15, 0.2) is 0 Å². The fraction of sp³-hybridized carbons (Fsp3) is 0.786. The Hall–Kier alpha value is -0.540. The van der Waals surface area contributed by atoms with Gasteiger partial charge in [0.25, 0.3) is 0 Å². The molecule has 0 atom stereocenters. The van der Waals surface area contributed by atoms with Crippen molar-refractivity contribution in [3.05, 3.63) is 16.4 Å². The molecule has 2 rings (SSSR count). The van der Waals surface area contributed by atoms with Crippen LogP contribution in [-0.4, -0.2) is 16.3 Å². The molecule has 0 radical (unpaired) electrons. The lowest BCUT2D eigenvalue weighted by molar-refractivity contribution is 0.468. The average molecular weight is 270 g/mol. The molecule has 1 aliphatic carbocycles. The summed E-state index contributed by atoms with van der Waals surface area (Å²) in [5, 5.41) is 8.60. The maximum absolute atomic E-state index is 6.21. The molecule has 0 spiro atoms. The Morgan fingerprint density at radius 2 is 2.11 bits per heavy atom. The van der Waals surface area contributed by atoms with Gasteiger partial charge < -0.3 is 5.32 Å². The summed E-state index contributed by atoms with van der Waals surface area (Å²) >= 11 is 6.21. The van der Waals surface area contributed by atoms with Gasteiger partial charge in [0.2, 0.25) is 0 Å². The molecule has 18 heavy (non-hydrogen) atoms. The molecule has 4 heteroatoms. The third-order valence-electron chi connectivity index (χ3n) is 3.99. The minimum absolute atomic E-state index is 0.806. The van der Waals surface area contributed by atoms with Crippen molar-refractivity contribution in [2.75, 3.05) is 6.54 Å². The number of aryl methyl sites for hydroxylation is 2. The standard InChI is InChI=1S/C14H24ClN3/c1-11-14(15)13(18(2)17-11)10-16-9-5-8-12-6-3-4-7-12/h12,16H,3-10H2,1-2H3. The highest BCUT2D eigenvalue weighted by molar-refractivity contribution is 6.31. The van der Waals surface area contributed by atoms with E-state index in [-0.39, 0.29) is 0 Å². The predicted molar refractivity (Wildman–Crippen MR) is 75.9 cm³/mol. The van der Waals surface area contributed by atoms with Crippen LogP contribution in [0.5, 0.6) is 0 Å². The van der Waals surface area contributed by atoms with Crippen LogP contribution < -0.4 is 5.32 Å². The van der Waals surface area contributed by atoms with Crippen LogP contribution in [0.1, 0.15) is 49.9 Å². The smallest absolute Gasteiger partial charge is 0.0860 e. The van der Waals surface area contributed by atoms with Gasteiger partial charge in [-0.05, 0) is 32.2 Å². The molecule has 1 aromatic rings. The minimum Gasteiger partial charge on any atom is -0.311 e. The van der Waals surface area contributed by atoms with Crippen LogP contribution >= 0.6 is 11.6 Å². The van der Waals surface area contributed by atoms with Crippen molar-refractivity contribution in [3.63, 3.8) is 0 Å². The Bertz CT molecular complexity index is 381. The molecular formula is C14H24ClN3. The van der Waals surface area contributed by atoms with Crippen molar-refractivity contribution in [1.82, 2.24) is 15.1 Å². The van der Waals surface area contributed by atoms with Gasteiger partial charge in [-0.2, -0.15) is 5.10 Å². The lowest BCUT2D eigenvalue weighted by Gasteiger charge is -2.09. The molecule has 1 aromatic heterocycles. The van der Waals surface area contributed by atoms with Crippen molar-refractivity contribution >= 4 is 11.6 Å². The predicted octanol–water partition coefficient (Wildman–Crippen LogP) is 3.44. The highest BCUT2D eigenvalue weighted by Gasteiger charge is 2.14. The number of aromatic nitrogens is 2. The van der Waals surface area contributed by atoms with Crippen molar-refractivity contribution in [1.29, 1.82) is 0 Å². The molecule has 102 valence electrons. The fourth-order valence-electron chi connectivity index (χ4n) is 2.89. The molecule has 0 saturated heterocycles. The third-order valence-corrected chi connectivity index (χ3v) is 4.49. The quantitative estimate of drug-likeness (QED) is 0.802. The maximum atomic E-state index is 6.21. The Balaban J connectivity index is 1.65. The second-order valence-corrected chi connectivity index (χ2v) is 5.82. The van der Waals surface area contributed by atoms with Crippen LogP contribution in [0, 0.1) is 12.8 Å². The first-order valence-electron chi connectivity index (χ1n) is 7.07. The van der Waals surface area contributed by atoms with Gasteiger partial charge in [-0.1, -0.05) is 37.3 Å². The molecule has 0 amide bonds. The van der Waals surface area contributed by atoms with E-state index in [0.29, 0.717) is 0 Å². The number of rotatable bonds is 6.